The van der Waals surface area contributed by atoms with E-state index >= 15 is 0 Å². The van der Waals surface area contributed by atoms with E-state index in [1.54, 1.807) is 4.31 Å². The van der Waals surface area contributed by atoms with Crippen molar-refractivity contribution in [2.24, 2.45) is 11.7 Å². The Morgan fingerprint density at radius 1 is 1.12 bits per heavy atom. The molecule has 0 spiro atoms. The van der Waals surface area contributed by atoms with Crippen LogP contribution in [0.1, 0.15) is 25.7 Å². The molecule has 2 aliphatic rings. The third-order valence-corrected chi connectivity index (χ3v) is 6.26. The van der Waals surface area contributed by atoms with E-state index in [9.17, 15) is 8.42 Å². The third kappa shape index (κ3) is 2.99. The Balaban J connectivity index is 1.96. The molecule has 2 N–H and O–H groups in total. The largest absolute Gasteiger partial charge is 0.381 e. The van der Waals surface area contributed by atoms with Crippen LogP contribution in [-0.4, -0.2) is 50.8 Å². The fraction of sp³-hybridized carbons (Fsp3) is 1.00. The van der Waals surface area contributed by atoms with Gasteiger partial charge in [-0.1, -0.05) is 0 Å². The number of hydrogen-bond donors (Lipinski definition) is 1. The highest BCUT2D eigenvalue weighted by Crippen LogP contribution is 2.24. The first-order valence-corrected chi connectivity index (χ1v) is 7.91. The second-order valence-corrected chi connectivity index (χ2v) is 7.15. The maximum atomic E-state index is 12.4. The van der Waals surface area contributed by atoms with Crippen LogP contribution in [0.25, 0.3) is 0 Å². The Morgan fingerprint density at radius 3 is 2.24 bits per heavy atom. The molecule has 0 atom stereocenters. The summed E-state index contributed by atoms with van der Waals surface area (Å²) in [7, 11) is -3.10. The van der Waals surface area contributed by atoms with Crippen molar-refractivity contribution in [2.45, 2.75) is 30.9 Å². The van der Waals surface area contributed by atoms with Crippen LogP contribution in [0.5, 0.6) is 0 Å². The van der Waals surface area contributed by atoms with E-state index in [2.05, 4.69) is 0 Å². The molecule has 2 heterocycles. The van der Waals surface area contributed by atoms with Gasteiger partial charge in [0, 0.05) is 26.3 Å². The van der Waals surface area contributed by atoms with E-state index in [1.807, 2.05) is 0 Å². The minimum Gasteiger partial charge on any atom is -0.381 e. The van der Waals surface area contributed by atoms with Crippen molar-refractivity contribution >= 4 is 10.0 Å². The first kappa shape index (κ1) is 13.3. The van der Waals surface area contributed by atoms with E-state index < -0.39 is 10.0 Å². The summed E-state index contributed by atoms with van der Waals surface area (Å²) in [6, 6.07) is 0. The predicted molar refractivity (Wildman–Crippen MR) is 66.1 cm³/mol. The molecule has 5 nitrogen and oxygen atoms in total. The summed E-state index contributed by atoms with van der Waals surface area (Å²) in [6.45, 7) is 3.10. The Bertz CT molecular complexity index is 331. The number of rotatable bonds is 3. The maximum absolute atomic E-state index is 12.4. The third-order valence-electron chi connectivity index (χ3n) is 3.86. The van der Waals surface area contributed by atoms with Gasteiger partial charge < -0.3 is 10.5 Å². The van der Waals surface area contributed by atoms with Gasteiger partial charge in [0.15, 0.2) is 0 Å². The average Bonchev–Trinajstić information content (AvgIpc) is 2.40. The van der Waals surface area contributed by atoms with Gasteiger partial charge in [-0.2, -0.15) is 0 Å². The first-order valence-electron chi connectivity index (χ1n) is 6.41. The zero-order valence-electron chi connectivity index (χ0n) is 10.2. The minimum atomic E-state index is -3.10. The molecule has 0 aliphatic carbocycles. The van der Waals surface area contributed by atoms with Gasteiger partial charge in [0.1, 0.15) is 0 Å². The molecule has 2 fully saturated rings. The predicted octanol–water partition coefficient (Wildman–Crippen LogP) is 0.166. The van der Waals surface area contributed by atoms with Gasteiger partial charge in [0.2, 0.25) is 10.0 Å². The van der Waals surface area contributed by atoms with E-state index in [0.29, 0.717) is 51.6 Å². The van der Waals surface area contributed by atoms with Crippen LogP contribution in [-0.2, 0) is 14.8 Å². The van der Waals surface area contributed by atoms with Gasteiger partial charge in [0.05, 0.1) is 5.25 Å². The van der Waals surface area contributed by atoms with E-state index in [-0.39, 0.29) is 5.25 Å². The van der Waals surface area contributed by atoms with Crippen LogP contribution in [0, 0.1) is 5.92 Å². The van der Waals surface area contributed by atoms with Crippen LogP contribution < -0.4 is 5.73 Å². The lowest BCUT2D eigenvalue weighted by Crippen LogP contribution is -2.45. The van der Waals surface area contributed by atoms with Gasteiger partial charge in [-0.3, -0.25) is 0 Å². The summed E-state index contributed by atoms with van der Waals surface area (Å²) in [4.78, 5) is 0. The highest BCUT2D eigenvalue weighted by molar-refractivity contribution is 7.89. The molecule has 100 valence electrons. The lowest BCUT2D eigenvalue weighted by atomic mass is 9.99. The summed E-state index contributed by atoms with van der Waals surface area (Å²) in [5.41, 5.74) is 5.62. The van der Waals surface area contributed by atoms with Gasteiger partial charge in [-0.05, 0) is 38.1 Å². The molecular formula is C11H22N2O3S. The first-order chi connectivity index (χ1) is 8.14. The lowest BCUT2D eigenvalue weighted by Gasteiger charge is -2.34. The van der Waals surface area contributed by atoms with Crippen molar-refractivity contribution < 1.29 is 13.2 Å². The maximum Gasteiger partial charge on any atom is 0.217 e. The van der Waals surface area contributed by atoms with Crippen molar-refractivity contribution in [2.75, 3.05) is 32.8 Å². The zero-order chi connectivity index (χ0) is 12.3. The molecule has 2 rings (SSSR count). The summed E-state index contributed by atoms with van der Waals surface area (Å²) >= 11 is 0. The molecule has 2 aliphatic heterocycles. The Morgan fingerprint density at radius 2 is 1.71 bits per heavy atom. The number of sulfonamides is 1. The number of ether oxygens (including phenoxy) is 1. The number of nitrogens with zero attached hydrogens (tertiary/aromatic N) is 1. The standard InChI is InChI=1S/C11H22N2O3S/c12-9-10-1-5-13(6-2-10)17(14,15)11-3-7-16-8-4-11/h10-11H,1-9,12H2. The average molecular weight is 262 g/mol. The molecule has 0 amide bonds. The fourth-order valence-corrected chi connectivity index (χ4v) is 4.51. The monoisotopic (exact) mass is 262 g/mol. The SMILES string of the molecule is NCC1CCN(S(=O)(=O)C2CCOCC2)CC1. The molecule has 17 heavy (non-hydrogen) atoms. The molecule has 0 saturated carbocycles. The molecule has 0 bridgehead atoms. The van der Waals surface area contributed by atoms with E-state index in [0.717, 1.165) is 12.8 Å². The van der Waals surface area contributed by atoms with Crippen LogP contribution in [0.15, 0.2) is 0 Å². The Kier molecular flexibility index (Phi) is 4.41. The van der Waals surface area contributed by atoms with Gasteiger partial charge in [0.25, 0.3) is 0 Å². The lowest BCUT2D eigenvalue weighted by molar-refractivity contribution is 0.0968. The van der Waals surface area contributed by atoms with Crippen LogP contribution in [0.4, 0.5) is 0 Å². The molecule has 0 aromatic carbocycles. The van der Waals surface area contributed by atoms with Gasteiger partial charge in [-0.25, -0.2) is 12.7 Å². The molecule has 6 heteroatoms. The molecular weight excluding hydrogens is 240 g/mol. The summed E-state index contributed by atoms with van der Waals surface area (Å²) < 4.78 is 31.6. The second kappa shape index (κ2) is 5.65. The van der Waals surface area contributed by atoms with Gasteiger partial charge in [-0.15, -0.1) is 0 Å². The highest BCUT2D eigenvalue weighted by Gasteiger charge is 2.35. The van der Waals surface area contributed by atoms with Gasteiger partial charge >= 0.3 is 0 Å². The molecule has 2 saturated heterocycles. The van der Waals surface area contributed by atoms with Crippen molar-refractivity contribution in [3.8, 4) is 0 Å². The smallest absolute Gasteiger partial charge is 0.217 e. The number of hydrogen-bond acceptors (Lipinski definition) is 4. The molecule has 0 aromatic heterocycles. The number of nitrogens with two attached hydrogens (primary N) is 1. The quantitative estimate of drug-likeness (QED) is 0.786. The minimum absolute atomic E-state index is 0.231. The summed E-state index contributed by atoms with van der Waals surface area (Å²) in [5.74, 6) is 0.496. The van der Waals surface area contributed by atoms with Crippen molar-refractivity contribution in [1.29, 1.82) is 0 Å². The fourth-order valence-electron chi connectivity index (χ4n) is 2.58. The topological polar surface area (TPSA) is 72.6 Å². The molecule has 0 aromatic rings. The molecule has 0 unspecified atom stereocenters. The Hall–Kier alpha value is -0.170. The highest BCUT2D eigenvalue weighted by atomic mass is 32.2. The van der Waals surface area contributed by atoms with Crippen molar-refractivity contribution in [3.63, 3.8) is 0 Å². The van der Waals surface area contributed by atoms with Crippen LogP contribution in [0.3, 0.4) is 0 Å². The summed E-state index contributed by atoms with van der Waals surface area (Å²) in [5, 5.41) is -0.231. The second-order valence-electron chi connectivity index (χ2n) is 4.93. The van der Waals surface area contributed by atoms with Crippen LogP contribution in [0.2, 0.25) is 0 Å². The summed E-state index contributed by atoms with van der Waals surface area (Å²) in [6.07, 6.45) is 3.08. The number of piperidine rings is 1. The van der Waals surface area contributed by atoms with E-state index in [4.69, 9.17) is 10.5 Å². The van der Waals surface area contributed by atoms with Crippen LogP contribution >= 0.6 is 0 Å². The normalized spacial score (nSPS) is 26.2. The molecule has 0 radical (unpaired) electrons. The Labute approximate surface area is 103 Å². The zero-order valence-corrected chi connectivity index (χ0v) is 11.0. The van der Waals surface area contributed by atoms with Crippen molar-refractivity contribution in [3.05, 3.63) is 0 Å². The van der Waals surface area contributed by atoms with E-state index in [1.165, 1.54) is 0 Å². The van der Waals surface area contributed by atoms with Crippen molar-refractivity contribution in [1.82, 2.24) is 4.31 Å².